The molecule has 1 N–H and O–H groups in total. The van der Waals surface area contributed by atoms with E-state index in [1.807, 2.05) is 12.1 Å². The molecule has 0 saturated carbocycles. The Morgan fingerprint density at radius 1 is 1.15 bits per heavy atom. The van der Waals surface area contributed by atoms with Gasteiger partial charge in [-0.25, -0.2) is 0 Å². The highest BCUT2D eigenvalue weighted by molar-refractivity contribution is 5.79. The Balaban J connectivity index is 2.46. The van der Waals surface area contributed by atoms with Crippen LogP contribution in [-0.2, 0) is 22.4 Å². The Hall–Kier alpha value is -1.84. The molecule has 4 heteroatoms. The van der Waals surface area contributed by atoms with E-state index < -0.39 is 5.97 Å². The Bertz CT molecular complexity index is 440. The molecule has 1 rings (SSSR count). The zero-order valence-electron chi connectivity index (χ0n) is 12.3. The fraction of sp³-hybridized carbons (Fsp3) is 0.500. The molecule has 20 heavy (non-hydrogen) atoms. The monoisotopic (exact) mass is 277 g/mol. The van der Waals surface area contributed by atoms with Crippen molar-refractivity contribution in [3.63, 3.8) is 0 Å². The predicted molar refractivity (Wildman–Crippen MR) is 78.6 cm³/mol. The number of aryl methyl sites for hydroxylation is 1. The lowest BCUT2D eigenvalue weighted by Crippen LogP contribution is -2.30. The van der Waals surface area contributed by atoms with Gasteiger partial charge in [-0.1, -0.05) is 37.6 Å². The van der Waals surface area contributed by atoms with Gasteiger partial charge in [-0.3, -0.25) is 9.59 Å². The molecule has 1 amide bonds. The van der Waals surface area contributed by atoms with Gasteiger partial charge in [0.25, 0.3) is 0 Å². The van der Waals surface area contributed by atoms with E-state index in [0.717, 1.165) is 12.0 Å². The number of hydrogen-bond acceptors (Lipinski definition) is 2. The minimum Gasteiger partial charge on any atom is -0.481 e. The van der Waals surface area contributed by atoms with Crippen molar-refractivity contribution in [2.75, 3.05) is 13.6 Å². The number of carbonyl (C=O) groups is 2. The molecule has 0 fully saturated rings. The van der Waals surface area contributed by atoms with Gasteiger partial charge in [-0.15, -0.1) is 0 Å². The second kappa shape index (κ2) is 8.35. The molecular formula is C16H23NO3. The minimum atomic E-state index is -0.884. The molecule has 0 aliphatic heterocycles. The number of carboxylic acids is 1. The summed E-state index contributed by atoms with van der Waals surface area (Å²) < 4.78 is 0. The standard InChI is InChI=1S/C16H23NO3/c1-3-4-5-13-6-8-14(9-7-13)12-15(18)17(2)11-10-16(19)20/h6-9H,3-5,10-12H2,1-2H3,(H,19,20). The summed E-state index contributed by atoms with van der Waals surface area (Å²) in [4.78, 5) is 23.9. The maximum absolute atomic E-state index is 11.9. The first-order valence-electron chi connectivity index (χ1n) is 7.06. The van der Waals surface area contributed by atoms with E-state index in [9.17, 15) is 9.59 Å². The third-order valence-electron chi connectivity index (χ3n) is 3.28. The lowest BCUT2D eigenvalue weighted by Gasteiger charge is -2.16. The van der Waals surface area contributed by atoms with Crippen LogP contribution in [0.25, 0.3) is 0 Å². The molecule has 0 radical (unpaired) electrons. The van der Waals surface area contributed by atoms with Crippen molar-refractivity contribution in [1.82, 2.24) is 4.90 Å². The van der Waals surface area contributed by atoms with Crippen LogP contribution in [0.3, 0.4) is 0 Å². The van der Waals surface area contributed by atoms with Crippen molar-refractivity contribution >= 4 is 11.9 Å². The number of benzene rings is 1. The van der Waals surface area contributed by atoms with Gasteiger partial charge in [0.05, 0.1) is 12.8 Å². The normalized spacial score (nSPS) is 10.3. The van der Waals surface area contributed by atoms with E-state index >= 15 is 0 Å². The number of rotatable bonds is 8. The molecule has 0 saturated heterocycles. The van der Waals surface area contributed by atoms with Crippen LogP contribution < -0.4 is 0 Å². The number of likely N-dealkylation sites (N-methyl/N-ethyl adjacent to an activating group) is 1. The number of carbonyl (C=O) groups excluding carboxylic acids is 1. The van der Waals surface area contributed by atoms with Crippen molar-refractivity contribution in [2.24, 2.45) is 0 Å². The molecular weight excluding hydrogens is 254 g/mol. The molecule has 110 valence electrons. The lowest BCUT2D eigenvalue weighted by atomic mass is 10.0. The van der Waals surface area contributed by atoms with Crippen LogP contribution in [0.1, 0.15) is 37.3 Å². The smallest absolute Gasteiger partial charge is 0.305 e. The van der Waals surface area contributed by atoms with Crippen molar-refractivity contribution in [3.8, 4) is 0 Å². The SMILES string of the molecule is CCCCc1ccc(CC(=O)N(C)CCC(=O)O)cc1. The third kappa shape index (κ3) is 5.87. The minimum absolute atomic E-state index is 0.0157. The molecule has 0 unspecified atom stereocenters. The predicted octanol–water partition coefficient (Wildman–Crippen LogP) is 2.50. The number of nitrogens with zero attached hydrogens (tertiary/aromatic N) is 1. The summed E-state index contributed by atoms with van der Waals surface area (Å²) in [5, 5.41) is 8.60. The number of carboxylic acid groups (broad SMARTS) is 1. The molecule has 0 spiro atoms. The van der Waals surface area contributed by atoms with E-state index in [4.69, 9.17) is 5.11 Å². The van der Waals surface area contributed by atoms with Crippen LogP contribution in [0.4, 0.5) is 0 Å². The molecule has 0 atom stereocenters. The van der Waals surface area contributed by atoms with Gasteiger partial charge < -0.3 is 10.0 Å². The summed E-state index contributed by atoms with van der Waals surface area (Å²) in [7, 11) is 1.64. The number of unbranched alkanes of at least 4 members (excludes halogenated alkanes) is 1. The van der Waals surface area contributed by atoms with Crippen LogP contribution in [0.2, 0.25) is 0 Å². The molecule has 0 aliphatic carbocycles. The van der Waals surface area contributed by atoms with Gasteiger partial charge in [0.2, 0.25) is 5.91 Å². The van der Waals surface area contributed by atoms with E-state index in [-0.39, 0.29) is 18.9 Å². The van der Waals surface area contributed by atoms with E-state index in [2.05, 4.69) is 19.1 Å². The Morgan fingerprint density at radius 2 is 1.75 bits per heavy atom. The van der Waals surface area contributed by atoms with Crippen LogP contribution in [0.15, 0.2) is 24.3 Å². The lowest BCUT2D eigenvalue weighted by molar-refractivity contribution is -0.138. The zero-order chi connectivity index (χ0) is 15.0. The van der Waals surface area contributed by atoms with Gasteiger partial charge in [-0.2, -0.15) is 0 Å². The van der Waals surface area contributed by atoms with Gasteiger partial charge in [0, 0.05) is 13.6 Å². The summed E-state index contributed by atoms with van der Waals surface area (Å²) >= 11 is 0. The molecule has 0 aromatic heterocycles. The first kappa shape index (κ1) is 16.2. The van der Waals surface area contributed by atoms with Gasteiger partial charge in [0.15, 0.2) is 0 Å². The highest BCUT2D eigenvalue weighted by Crippen LogP contribution is 2.09. The second-order valence-electron chi connectivity index (χ2n) is 5.06. The van der Waals surface area contributed by atoms with E-state index in [1.54, 1.807) is 7.05 Å². The second-order valence-corrected chi connectivity index (χ2v) is 5.06. The van der Waals surface area contributed by atoms with Crippen LogP contribution in [0.5, 0.6) is 0 Å². The molecule has 1 aromatic rings. The quantitative estimate of drug-likeness (QED) is 0.794. The molecule has 1 aromatic carbocycles. The molecule has 4 nitrogen and oxygen atoms in total. The van der Waals surface area contributed by atoms with E-state index in [1.165, 1.54) is 23.3 Å². The summed E-state index contributed by atoms with van der Waals surface area (Å²) in [5.41, 5.74) is 2.26. The number of amides is 1. The highest BCUT2D eigenvalue weighted by atomic mass is 16.4. The van der Waals surface area contributed by atoms with Crippen molar-refractivity contribution < 1.29 is 14.7 Å². The largest absolute Gasteiger partial charge is 0.481 e. The zero-order valence-corrected chi connectivity index (χ0v) is 12.3. The van der Waals surface area contributed by atoms with Crippen LogP contribution >= 0.6 is 0 Å². The Labute approximate surface area is 120 Å². The Morgan fingerprint density at radius 3 is 2.30 bits per heavy atom. The Kier molecular flexibility index (Phi) is 6.77. The van der Waals surface area contributed by atoms with Gasteiger partial charge in [0.1, 0.15) is 0 Å². The highest BCUT2D eigenvalue weighted by Gasteiger charge is 2.10. The maximum Gasteiger partial charge on any atom is 0.305 e. The van der Waals surface area contributed by atoms with Crippen molar-refractivity contribution in [1.29, 1.82) is 0 Å². The summed E-state index contributed by atoms with van der Waals surface area (Å²) in [6, 6.07) is 8.09. The first-order valence-corrected chi connectivity index (χ1v) is 7.06. The van der Waals surface area contributed by atoms with E-state index in [0.29, 0.717) is 6.42 Å². The maximum atomic E-state index is 11.9. The van der Waals surface area contributed by atoms with Gasteiger partial charge >= 0.3 is 5.97 Å². The first-order chi connectivity index (χ1) is 9.52. The molecule has 0 bridgehead atoms. The van der Waals surface area contributed by atoms with Crippen molar-refractivity contribution in [3.05, 3.63) is 35.4 Å². The van der Waals surface area contributed by atoms with Crippen LogP contribution in [0, 0.1) is 0 Å². The van der Waals surface area contributed by atoms with Crippen molar-refractivity contribution in [2.45, 2.75) is 39.0 Å². The average Bonchev–Trinajstić information content (AvgIpc) is 2.43. The topological polar surface area (TPSA) is 57.6 Å². The fourth-order valence-electron chi connectivity index (χ4n) is 1.90. The third-order valence-corrected chi connectivity index (χ3v) is 3.28. The number of aliphatic carboxylic acids is 1. The molecule has 0 aliphatic rings. The van der Waals surface area contributed by atoms with Gasteiger partial charge in [-0.05, 0) is 24.0 Å². The summed E-state index contributed by atoms with van der Waals surface area (Å²) in [6.45, 7) is 2.42. The summed E-state index contributed by atoms with van der Waals surface area (Å²) in [6.07, 6.45) is 3.73. The fourth-order valence-corrected chi connectivity index (χ4v) is 1.90. The number of hydrogen-bond donors (Lipinski definition) is 1. The average molecular weight is 277 g/mol. The van der Waals surface area contributed by atoms with Crippen LogP contribution in [-0.4, -0.2) is 35.5 Å². The summed E-state index contributed by atoms with van der Waals surface area (Å²) in [5.74, 6) is -0.933. The molecule has 0 heterocycles.